The summed E-state index contributed by atoms with van der Waals surface area (Å²) in [5.74, 6) is 0. The zero-order chi connectivity index (χ0) is 9.90. The maximum atomic E-state index is 3.47. The summed E-state index contributed by atoms with van der Waals surface area (Å²) >= 11 is 0. The molecule has 0 bridgehead atoms. The number of aryl methyl sites for hydroxylation is 1. The van der Waals surface area contributed by atoms with E-state index in [1.807, 2.05) is 0 Å². The number of hydrogen-bond acceptors (Lipinski definition) is 1. The van der Waals surface area contributed by atoms with Crippen molar-refractivity contribution < 1.29 is 0 Å². The van der Waals surface area contributed by atoms with E-state index in [4.69, 9.17) is 0 Å². The number of hydrogen-bond donors (Lipinski definition) is 1. The van der Waals surface area contributed by atoms with Crippen molar-refractivity contribution in [2.24, 2.45) is 0 Å². The molecular weight excluding hydrogens is 158 g/mol. The van der Waals surface area contributed by atoms with Crippen LogP contribution >= 0.6 is 0 Å². The van der Waals surface area contributed by atoms with Crippen LogP contribution < -0.4 is 5.32 Å². The standard InChI is InChI=1S/C12H19N/c1-5-13-12(3,4)11-8-6-7-10(2)9-11/h6-9,13H,5H2,1-4H3. The summed E-state index contributed by atoms with van der Waals surface area (Å²) < 4.78 is 0. The summed E-state index contributed by atoms with van der Waals surface area (Å²) in [7, 11) is 0. The second-order valence-electron chi connectivity index (χ2n) is 4.02. The summed E-state index contributed by atoms with van der Waals surface area (Å²) in [4.78, 5) is 0. The first kappa shape index (κ1) is 10.3. The van der Waals surface area contributed by atoms with Crippen molar-refractivity contribution in [1.29, 1.82) is 0 Å². The average molecular weight is 177 g/mol. The van der Waals surface area contributed by atoms with Gasteiger partial charge in [0.1, 0.15) is 0 Å². The molecule has 0 aliphatic heterocycles. The van der Waals surface area contributed by atoms with Crippen molar-refractivity contribution in [1.82, 2.24) is 5.32 Å². The molecule has 1 heteroatoms. The monoisotopic (exact) mass is 177 g/mol. The van der Waals surface area contributed by atoms with Crippen LogP contribution in [0.2, 0.25) is 0 Å². The lowest BCUT2D eigenvalue weighted by Gasteiger charge is -2.26. The van der Waals surface area contributed by atoms with Gasteiger partial charge in [0.15, 0.2) is 0 Å². The average Bonchev–Trinajstić information content (AvgIpc) is 2.04. The van der Waals surface area contributed by atoms with Crippen molar-refractivity contribution in [3.63, 3.8) is 0 Å². The van der Waals surface area contributed by atoms with Gasteiger partial charge < -0.3 is 5.32 Å². The Kier molecular flexibility index (Phi) is 3.10. The second-order valence-corrected chi connectivity index (χ2v) is 4.02. The highest BCUT2D eigenvalue weighted by Crippen LogP contribution is 2.20. The fourth-order valence-electron chi connectivity index (χ4n) is 1.58. The Labute approximate surface area is 81.2 Å². The third-order valence-corrected chi connectivity index (χ3v) is 2.36. The van der Waals surface area contributed by atoms with Crippen LogP contribution in [0.15, 0.2) is 24.3 Å². The molecule has 1 aromatic rings. The summed E-state index contributed by atoms with van der Waals surface area (Å²) in [6.07, 6.45) is 0. The lowest BCUT2D eigenvalue weighted by atomic mass is 9.93. The van der Waals surface area contributed by atoms with E-state index in [1.54, 1.807) is 0 Å². The van der Waals surface area contributed by atoms with Crippen LogP contribution in [-0.2, 0) is 5.54 Å². The molecule has 13 heavy (non-hydrogen) atoms. The van der Waals surface area contributed by atoms with Crippen molar-refractivity contribution in [3.8, 4) is 0 Å². The van der Waals surface area contributed by atoms with Crippen molar-refractivity contribution in [2.75, 3.05) is 6.54 Å². The molecule has 0 unspecified atom stereocenters. The largest absolute Gasteiger partial charge is 0.308 e. The lowest BCUT2D eigenvalue weighted by Crippen LogP contribution is -2.36. The van der Waals surface area contributed by atoms with E-state index in [-0.39, 0.29) is 5.54 Å². The van der Waals surface area contributed by atoms with E-state index >= 15 is 0 Å². The van der Waals surface area contributed by atoms with Gasteiger partial charge >= 0.3 is 0 Å². The SMILES string of the molecule is CCNC(C)(C)c1cccc(C)c1. The Morgan fingerprint density at radius 1 is 1.31 bits per heavy atom. The van der Waals surface area contributed by atoms with Crippen LogP contribution in [-0.4, -0.2) is 6.54 Å². The fourth-order valence-corrected chi connectivity index (χ4v) is 1.58. The first-order chi connectivity index (χ1) is 6.06. The van der Waals surface area contributed by atoms with Crippen LogP contribution in [0.25, 0.3) is 0 Å². The molecule has 1 nitrogen and oxygen atoms in total. The molecule has 0 aliphatic carbocycles. The third kappa shape index (κ3) is 2.56. The third-order valence-electron chi connectivity index (χ3n) is 2.36. The molecule has 0 saturated carbocycles. The van der Waals surface area contributed by atoms with Gasteiger partial charge in [0.2, 0.25) is 0 Å². The van der Waals surface area contributed by atoms with Gasteiger partial charge in [-0.15, -0.1) is 0 Å². The fraction of sp³-hybridized carbons (Fsp3) is 0.500. The van der Waals surface area contributed by atoms with Gasteiger partial charge in [-0.3, -0.25) is 0 Å². The Morgan fingerprint density at radius 2 is 2.00 bits per heavy atom. The Morgan fingerprint density at radius 3 is 2.54 bits per heavy atom. The minimum absolute atomic E-state index is 0.0841. The number of rotatable bonds is 3. The van der Waals surface area contributed by atoms with E-state index in [9.17, 15) is 0 Å². The van der Waals surface area contributed by atoms with Gasteiger partial charge in [-0.1, -0.05) is 36.8 Å². The van der Waals surface area contributed by atoms with Gasteiger partial charge in [0, 0.05) is 5.54 Å². The summed E-state index contributed by atoms with van der Waals surface area (Å²) in [6.45, 7) is 9.70. The molecule has 72 valence electrons. The van der Waals surface area contributed by atoms with Crippen LogP contribution in [0, 0.1) is 6.92 Å². The molecule has 1 aromatic carbocycles. The molecule has 0 atom stereocenters. The van der Waals surface area contributed by atoms with E-state index in [2.05, 4.69) is 57.3 Å². The summed E-state index contributed by atoms with van der Waals surface area (Å²) in [5, 5.41) is 3.47. The number of nitrogens with one attached hydrogen (secondary N) is 1. The van der Waals surface area contributed by atoms with Crippen LogP contribution in [0.1, 0.15) is 31.9 Å². The van der Waals surface area contributed by atoms with E-state index in [0.29, 0.717) is 0 Å². The maximum absolute atomic E-state index is 3.47. The molecule has 0 amide bonds. The van der Waals surface area contributed by atoms with Crippen molar-refractivity contribution >= 4 is 0 Å². The predicted molar refractivity (Wildman–Crippen MR) is 57.9 cm³/mol. The van der Waals surface area contributed by atoms with Crippen molar-refractivity contribution in [2.45, 2.75) is 33.2 Å². The van der Waals surface area contributed by atoms with Crippen molar-refractivity contribution in [3.05, 3.63) is 35.4 Å². The smallest absolute Gasteiger partial charge is 0.0377 e. The minimum Gasteiger partial charge on any atom is -0.308 e. The van der Waals surface area contributed by atoms with Crippen LogP contribution in [0.4, 0.5) is 0 Å². The van der Waals surface area contributed by atoms with Gasteiger partial charge in [-0.2, -0.15) is 0 Å². The van der Waals surface area contributed by atoms with E-state index in [1.165, 1.54) is 11.1 Å². The Bertz CT molecular complexity index is 276. The highest BCUT2D eigenvalue weighted by molar-refractivity contribution is 5.27. The molecule has 0 radical (unpaired) electrons. The highest BCUT2D eigenvalue weighted by Gasteiger charge is 2.17. The second kappa shape index (κ2) is 3.93. The quantitative estimate of drug-likeness (QED) is 0.748. The molecule has 1 N–H and O–H groups in total. The Hall–Kier alpha value is -0.820. The predicted octanol–water partition coefficient (Wildman–Crippen LogP) is 2.84. The van der Waals surface area contributed by atoms with E-state index < -0.39 is 0 Å². The maximum Gasteiger partial charge on any atom is 0.0377 e. The zero-order valence-electron chi connectivity index (χ0n) is 9.02. The molecule has 0 saturated heterocycles. The molecule has 1 rings (SSSR count). The van der Waals surface area contributed by atoms with Crippen LogP contribution in [0.5, 0.6) is 0 Å². The molecule has 0 aliphatic rings. The minimum atomic E-state index is 0.0841. The van der Waals surface area contributed by atoms with Gasteiger partial charge in [-0.05, 0) is 32.9 Å². The summed E-state index contributed by atoms with van der Waals surface area (Å²) in [5.41, 5.74) is 2.76. The normalized spacial score (nSPS) is 11.7. The first-order valence-electron chi connectivity index (χ1n) is 4.88. The topological polar surface area (TPSA) is 12.0 Å². The molecule has 0 fully saturated rings. The molecular formula is C12H19N. The summed E-state index contributed by atoms with van der Waals surface area (Å²) in [6, 6.07) is 8.66. The zero-order valence-corrected chi connectivity index (χ0v) is 9.02. The lowest BCUT2D eigenvalue weighted by molar-refractivity contribution is 0.415. The van der Waals surface area contributed by atoms with E-state index in [0.717, 1.165) is 6.54 Å². The number of benzene rings is 1. The first-order valence-corrected chi connectivity index (χ1v) is 4.88. The molecule has 0 heterocycles. The molecule has 0 spiro atoms. The van der Waals surface area contributed by atoms with Gasteiger partial charge in [-0.25, -0.2) is 0 Å². The highest BCUT2D eigenvalue weighted by atomic mass is 14.9. The van der Waals surface area contributed by atoms with Gasteiger partial charge in [0.25, 0.3) is 0 Å². The van der Waals surface area contributed by atoms with Crippen LogP contribution in [0.3, 0.4) is 0 Å². The Balaban J connectivity index is 2.93. The van der Waals surface area contributed by atoms with Gasteiger partial charge in [0.05, 0.1) is 0 Å². The molecule has 0 aromatic heterocycles.